The van der Waals surface area contributed by atoms with Crippen molar-refractivity contribution in [3.63, 3.8) is 0 Å². The van der Waals surface area contributed by atoms with Crippen molar-refractivity contribution >= 4 is 17.4 Å². The molecule has 86 valence electrons. The number of nitrogens with two attached hydrogens (primary N) is 1. The van der Waals surface area contributed by atoms with Crippen LogP contribution in [0.1, 0.15) is 11.4 Å². The molecule has 2 rings (SSSR count). The summed E-state index contributed by atoms with van der Waals surface area (Å²) >= 11 is 1.29. The summed E-state index contributed by atoms with van der Waals surface area (Å²) in [5, 5.41) is 18.1. The Bertz CT molecular complexity index is 597. The number of nitrogens with zero attached hydrogens (tertiary/aromatic N) is 5. The van der Waals surface area contributed by atoms with Crippen molar-refractivity contribution in [3.8, 4) is 6.07 Å². The van der Waals surface area contributed by atoms with E-state index in [4.69, 9.17) is 11.0 Å². The molecule has 0 bridgehead atoms. The highest BCUT2D eigenvalue weighted by Crippen LogP contribution is 2.30. The van der Waals surface area contributed by atoms with Gasteiger partial charge in [0.25, 0.3) is 0 Å². The van der Waals surface area contributed by atoms with Crippen molar-refractivity contribution in [1.29, 1.82) is 5.26 Å². The largest absolute Gasteiger partial charge is 0.395 e. The number of aromatic nitrogens is 4. The van der Waals surface area contributed by atoms with Crippen LogP contribution in [0, 0.1) is 18.3 Å². The van der Waals surface area contributed by atoms with E-state index in [1.54, 1.807) is 12.3 Å². The number of anilines is 1. The van der Waals surface area contributed by atoms with Gasteiger partial charge < -0.3 is 10.3 Å². The lowest BCUT2D eigenvalue weighted by atomic mass is 10.2. The average Bonchev–Trinajstić information content (AvgIpc) is 2.64. The van der Waals surface area contributed by atoms with E-state index in [1.165, 1.54) is 11.8 Å². The molecule has 7 heteroatoms. The zero-order chi connectivity index (χ0) is 12.4. The molecule has 0 saturated carbocycles. The molecule has 0 saturated heterocycles. The highest BCUT2D eigenvalue weighted by atomic mass is 32.2. The molecule has 0 unspecified atom stereocenters. The van der Waals surface area contributed by atoms with Gasteiger partial charge in [0.05, 0.1) is 11.3 Å². The predicted molar refractivity (Wildman–Crippen MR) is 63.2 cm³/mol. The quantitative estimate of drug-likeness (QED) is 0.853. The number of nitriles is 1. The first-order valence-electron chi connectivity index (χ1n) is 4.82. The summed E-state index contributed by atoms with van der Waals surface area (Å²) in [6.45, 7) is 1.86. The van der Waals surface area contributed by atoms with Crippen molar-refractivity contribution in [2.45, 2.75) is 17.1 Å². The lowest BCUT2D eigenvalue weighted by Gasteiger charge is -2.04. The Morgan fingerprint density at radius 1 is 1.47 bits per heavy atom. The molecule has 0 aromatic carbocycles. The van der Waals surface area contributed by atoms with E-state index in [2.05, 4.69) is 15.2 Å². The van der Waals surface area contributed by atoms with Crippen molar-refractivity contribution in [2.75, 3.05) is 5.73 Å². The fourth-order valence-corrected chi connectivity index (χ4v) is 2.05. The summed E-state index contributed by atoms with van der Waals surface area (Å²) in [5.74, 6) is 0.808. The first kappa shape index (κ1) is 11.4. The van der Waals surface area contributed by atoms with Gasteiger partial charge in [-0.2, -0.15) is 5.26 Å². The maximum absolute atomic E-state index is 8.87. The fourth-order valence-electron chi connectivity index (χ4n) is 1.20. The number of nitrogen functional groups attached to an aromatic ring is 1. The van der Waals surface area contributed by atoms with Gasteiger partial charge >= 0.3 is 0 Å². The van der Waals surface area contributed by atoms with Crippen molar-refractivity contribution in [2.24, 2.45) is 7.05 Å². The van der Waals surface area contributed by atoms with Gasteiger partial charge in [0.15, 0.2) is 5.16 Å². The molecule has 2 aromatic heterocycles. The van der Waals surface area contributed by atoms with E-state index in [1.807, 2.05) is 24.6 Å². The molecule has 0 aliphatic rings. The van der Waals surface area contributed by atoms with E-state index in [9.17, 15) is 0 Å². The number of aryl methyl sites for hydroxylation is 1. The molecular weight excluding hydrogens is 236 g/mol. The molecule has 6 nitrogen and oxygen atoms in total. The van der Waals surface area contributed by atoms with Crippen LogP contribution in [-0.2, 0) is 7.05 Å². The summed E-state index contributed by atoms with van der Waals surface area (Å²) in [6, 6.07) is 3.60. The topological polar surface area (TPSA) is 93.4 Å². The minimum Gasteiger partial charge on any atom is -0.395 e. The zero-order valence-electron chi connectivity index (χ0n) is 9.38. The summed E-state index contributed by atoms with van der Waals surface area (Å²) in [6.07, 6.45) is 1.56. The summed E-state index contributed by atoms with van der Waals surface area (Å²) in [4.78, 5) is 4.14. The molecule has 0 spiro atoms. The van der Waals surface area contributed by atoms with E-state index in [0.29, 0.717) is 21.4 Å². The molecule has 0 amide bonds. The molecule has 2 N–H and O–H groups in total. The van der Waals surface area contributed by atoms with Crippen molar-refractivity contribution < 1.29 is 0 Å². The maximum Gasteiger partial charge on any atom is 0.197 e. The third kappa shape index (κ3) is 2.07. The summed E-state index contributed by atoms with van der Waals surface area (Å²) < 4.78 is 1.84. The van der Waals surface area contributed by atoms with E-state index < -0.39 is 0 Å². The Morgan fingerprint density at radius 3 is 2.82 bits per heavy atom. The summed E-state index contributed by atoms with van der Waals surface area (Å²) in [5.41, 5.74) is 6.63. The van der Waals surface area contributed by atoms with Gasteiger partial charge in [-0.25, -0.2) is 4.98 Å². The van der Waals surface area contributed by atoms with Crippen molar-refractivity contribution in [1.82, 2.24) is 19.7 Å². The Kier molecular flexibility index (Phi) is 2.97. The number of pyridine rings is 1. The van der Waals surface area contributed by atoms with Gasteiger partial charge in [0.2, 0.25) is 0 Å². The molecule has 0 radical (unpaired) electrons. The second kappa shape index (κ2) is 4.43. The second-order valence-electron chi connectivity index (χ2n) is 3.38. The van der Waals surface area contributed by atoms with Gasteiger partial charge in [-0.3, -0.25) is 0 Å². The van der Waals surface area contributed by atoms with Crippen LogP contribution >= 0.6 is 11.8 Å². The van der Waals surface area contributed by atoms with Crippen LogP contribution in [0.3, 0.4) is 0 Å². The average molecular weight is 246 g/mol. The van der Waals surface area contributed by atoms with Crippen LogP contribution in [-0.4, -0.2) is 19.7 Å². The third-order valence-corrected chi connectivity index (χ3v) is 3.37. The van der Waals surface area contributed by atoms with Gasteiger partial charge in [-0.05, 0) is 24.8 Å². The molecule has 17 heavy (non-hydrogen) atoms. The van der Waals surface area contributed by atoms with Crippen LogP contribution in [0.5, 0.6) is 0 Å². The lowest BCUT2D eigenvalue weighted by Crippen LogP contribution is -1.98. The SMILES string of the molecule is Cc1nnc(Sc2nccc(C#N)c2N)n1C. The highest BCUT2D eigenvalue weighted by Gasteiger charge is 2.12. The molecule has 2 heterocycles. The maximum atomic E-state index is 8.87. The van der Waals surface area contributed by atoms with Crippen LogP contribution in [0.2, 0.25) is 0 Å². The summed E-state index contributed by atoms with van der Waals surface area (Å²) in [7, 11) is 1.86. The first-order valence-corrected chi connectivity index (χ1v) is 5.63. The number of rotatable bonds is 2. The van der Waals surface area contributed by atoms with Crippen LogP contribution < -0.4 is 5.73 Å². The lowest BCUT2D eigenvalue weighted by molar-refractivity contribution is 0.764. The van der Waals surface area contributed by atoms with Gasteiger partial charge in [0.1, 0.15) is 16.9 Å². The predicted octanol–water partition coefficient (Wildman–Crippen LogP) is 1.12. The Balaban J connectivity index is 2.37. The van der Waals surface area contributed by atoms with E-state index >= 15 is 0 Å². The minimum atomic E-state index is 0.376. The molecule has 0 aliphatic heterocycles. The Morgan fingerprint density at radius 2 is 2.24 bits per heavy atom. The van der Waals surface area contributed by atoms with Crippen LogP contribution in [0.25, 0.3) is 0 Å². The highest BCUT2D eigenvalue weighted by molar-refractivity contribution is 7.99. The normalized spacial score (nSPS) is 10.2. The smallest absolute Gasteiger partial charge is 0.197 e. The van der Waals surface area contributed by atoms with E-state index in [0.717, 1.165) is 5.82 Å². The Labute approximate surface area is 102 Å². The molecule has 0 atom stereocenters. The second-order valence-corrected chi connectivity index (χ2v) is 4.34. The molecule has 0 aliphatic carbocycles. The van der Waals surface area contributed by atoms with Gasteiger partial charge in [-0.15, -0.1) is 10.2 Å². The Hall–Kier alpha value is -2.07. The molecular formula is C10H10N6S. The standard InChI is InChI=1S/C10H10N6S/c1-6-14-15-10(16(6)2)17-9-8(12)7(5-11)3-4-13-9/h3-4H,12H2,1-2H3. The van der Waals surface area contributed by atoms with E-state index in [-0.39, 0.29) is 0 Å². The monoisotopic (exact) mass is 246 g/mol. The number of hydrogen-bond acceptors (Lipinski definition) is 6. The third-order valence-electron chi connectivity index (χ3n) is 2.31. The molecule has 0 fully saturated rings. The fraction of sp³-hybridized carbons (Fsp3) is 0.200. The van der Waals surface area contributed by atoms with Crippen LogP contribution in [0.15, 0.2) is 22.4 Å². The minimum absolute atomic E-state index is 0.376. The van der Waals surface area contributed by atoms with Crippen LogP contribution in [0.4, 0.5) is 5.69 Å². The zero-order valence-corrected chi connectivity index (χ0v) is 10.2. The number of hydrogen-bond donors (Lipinski definition) is 1. The van der Waals surface area contributed by atoms with Gasteiger partial charge in [0, 0.05) is 13.2 Å². The molecule has 2 aromatic rings. The van der Waals surface area contributed by atoms with Crippen molar-refractivity contribution in [3.05, 3.63) is 23.7 Å². The van der Waals surface area contributed by atoms with Gasteiger partial charge in [-0.1, -0.05) is 0 Å². The first-order chi connectivity index (χ1) is 8.13.